The van der Waals surface area contributed by atoms with E-state index in [0.717, 1.165) is 5.56 Å². The molecule has 1 N–H and O–H groups in total. The number of nitro benzene ring substituents is 1. The topological polar surface area (TPSA) is 111 Å². The van der Waals surface area contributed by atoms with Gasteiger partial charge < -0.3 is 4.42 Å². The van der Waals surface area contributed by atoms with E-state index >= 15 is 0 Å². The van der Waals surface area contributed by atoms with Crippen molar-refractivity contribution in [2.75, 3.05) is 0 Å². The van der Waals surface area contributed by atoms with E-state index in [2.05, 4.69) is 15.5 Å². The summed E-state index contributed by atoms with van der Waals surface area (Å²) in [6.45, 7) is 1.78. The van der Waals surface area contributed by atoms with Crippen molar-refractivity contribution >= 4 is 17.8 Å². The molecular formula is C18H14N4O4. The van der Waals surface area contributed by atoms with E-state index in [1.54, 1.807) is 43.3 Å². The molecule has 0 fully saturated rings. The number of benzene rings is 1. The lowest BCUT2D eigenvalue weighted by Crippen LogP contribution is -2.17. The number of amides is 1. The predicted molar refractivity (Wildman–Crippen MR) is 94.8 cm³/mol. The van der Waals surface area contributed by atoms with Crippen LogP contribution in [-0.4, -0.2) is 22.0 Å². The van der Waals surface area contributed by atoms with Crippen molar-refractivity contribution in [1.82, 2.24) is 10.4 Å². The fourth-order valence-electron chi connectivity index (χ4n) is 2.29. The fourth-order valence-corrected chi connectivity index (χ4v) is 2.29. The van der Waals surface area contributed by atoms with E-state index in [9.17, 15) is 14.9 Å². The quantitative estimate of drug-likeness (QED) is 0.431. The van der Waals surface area contributed by atoms with Crippen LogP contribution in [-0.2, 0) is 0 Å². The van der Waals surface area contributed by atoms with Crippen molar-refractivity contribution in [3.8, 4) is 11.3 Å². The van der Waals surface area contributed by atoms with E-state index in [1.165, 1.54) is 24.7 Å². The SMILES string of the molecule is Cc1ccc(-c2ccc(/C=N\NC(=O)c3ccncc3)o2)c([N+](=O)[O-])c1. The molecule has 0 aliphatic heterocycles. The van der Waals surface area contributed by atoms with Gasteiger partial charge in [-0.05, 0) is 42.8 Å². The minimum atomic E-state index is -0.451. The Kier molecular flexibility index (Phi) is 4.84. The maximum atomic E-state index is 11.9. The van der Waals surface area contributed by atoms with Gasteiger partial charge in [-0.15, -0.1) is 0 Å². The molecule has 0 aliphatic rings. The second kappa shape index (κ2) is 7.39. The summed E-state index contributed by atoms with van der Waals surface area (Å²) in [7, 11) is 0. The van der Waals surface area contributed by atoms with Crippen LogP contribution in [0.2, 0.25) is 0 Å². The summed E-state index contributed by atoms with van der Waals surface area (Å²) in [6, 6.07) is 11.2. The van der Waals surface area contributed by atoms with Gasteiger partial charge in [0.2, 0.25) is 0 Å². The van der Waals surface area contributed by atoms with Gasteiger partial charge in [-0.1, -0.05) is 6.07 Å². The molecule has 130 valence electrons. The number of nitrogens with zero attached hydrogens (tertiary/aromatic N) is 3. The van der Waals surface area contributed by atoms with Crippen molar-refractivity contribution in [2.24, 2.45) is 5.10 Å². The number of hydrogen-bond donors (Lipinski definition) is 1. The number of aryl methyl sites for hydroxylation is 1. The van der Waals surface area contributed by atoms with Gasteiger partial charge in [0.25, 0.3) is 11.6 Å². The number of carbonyl (C=O) groups excluding carboxylic acids is 1. The Morgan fingerprint density at radius 2 is 2.00 bits per heavy atom. The van der Waals surface area contributed by atoms with Crippen LogP contribution in [0.5, 0.6) is 0 Å². The van der Waals surface area contributed by atoms with Gasteiger partial charge in [0, 0.05) is 24.0 Å². The zero-order chi connectivity index (χ0) is 18.5. The molecule has 1 aromatic carbocycles. The first-order valence-corrected chi connectivity index (χ1v) is 7.63. The Bertz CT molecular complexity index is 980. The molecule has 0 atom stereocenters. The smallest absolute Gasteiger partial charge is 0.280 e. The number of hydrogen-bond acceptors (Lipinski definition) is 6. The fraction of sp³-hybridized carbons (Fsp3) is 0.0556. The highest BCUT2D eigenvalue weighted by Crippen LogP contribution is 2.31. The highest BCUT2D eigenvalue weighted by atomic mass is 16.6. The number of nitro groups is 1. The molecule has 2 aromatic heterocycles. The molecule has 0 unspecified atom stereocenters. The second-order valence-corrected chi connectivity index (χ2v) is 5.41. The van der Waals surface area contributed by atoms with Crippen LogP contribution in [0.15, 0.2) is 64.4 Å². The van der Waals surface area contributed by atoms with Gasteiger partial charge in [-0.2, -0.15) is 5.10 Å². The minimum Gasteiger partial charge on any atom is -0.455 e. The van der Waals surface area contributed by atoms with Crippen LogP contribution in [0.25, 0.3) is 11.3 Å². The third kappa shape index (κ3) is 3.81. The first-order valence-electron chi connectivity index (χ1n) is 7.63. The predicted octanol–water partition coefficient (Wildman–Crippen LogP) is 3.32. The zero-order valence-corrected chi connectivity index (χ0v) is 13.7. The number of rotatable bonds is 5. The monoisotopic (exact) mass is 350 g/mol. The molecule has 0 aliphatic carbocycles. The zero-order valence-electron chi connectivity index (χ0n) is 13.7. The summed E-state index contributed by atoms with van der Waals surface area (Å²) >= 11 is 0. The van der Waals surface area contributed by atoms with Crippen LogP contribution >= 0.6 is 0 Å². The minimum absolute atomic E-state index is 0.0335. The van der Waals surface area contributed by atoms with Crippen LogP contribution in [0, 0.1) is 17.0 Å². The summed E-state index contributed by atoms with van der Waals surface area (Å²) in [5.74, 6) is 0.313. The number of pyridine rings is 1. The molecule has 1 amide bonds. The normalized spacial score (nSPS) is 10.8. The Labute approximate surface area is 148 Å². The largest absolute Gasteiger partial charge is 0.455 e. The molecule has 0 saturated carbocycles. The highest BCUT2D eigenvalue weighted by molar-refractivity contribution is 5.94. The molecule has 3 rings (SSSR count). The number of carbonyl (C=O) groups is 1. The summed E-state index contributed by atoms with van der Waals surface area (Å²) in [6.07, 6.45) is 4.33. The van der Waals surface area contributed by atoms with Crippen LogP contribution in [0.4, 0.5) is 5.69 Å². The Hall–Kier alpha value is -3.81. The van der Waals surface area contributed by atoms with E-state index in [0.29, 0.717) is 22.6 Å². The van der Waals surface area contributed by atoms with Crippen LogP contribution in [0.1, 0.15) is 21.7 Å². The Morgan fingerprint density at radius 3 is 2.73 bits per heavy atom. The van der Waals surface area contributed by atoms with Gasteiger partial charge in [-0.25, -0.2) is 5.43 Å². The second-order valence-electron chi connectivity index (χ2n) is 5.41. The average Bonchev–Trinajstić information content (AvgIpc) is 3.11. The third-order valence-electron chi connectivity index (χ3n) is 3.54. The Balaban J connectivity index is 1.75. The summed E-state index contributed by atoms with van der Waals surface area (Å²) in [5, 5.41) is 15.0. The van der Waals surface area contributed by atoms with E-state index < -0.39 is 4.92 Å². The van der Waals surface area contributed by atoms with Gasteiger partial charge >= 0.3 is 0 Å². The lowest BCUT2D eigenvalue weighted by atomic mass is 10.1. The van der Waals surface area contributed by atoms with E-state index in [4.69, 9.17) is 4.42 Å². The lowest BCUT2D eigenvalue weighted by Gasteiger charge is -2.01. The Morgan fingerprint density at radius 1 is 1.23 bits per heavy atom. The van der Waals surface area contributed by atoms with Gasteiger partial charge in [0.15, 0.2) is 0 Å². The summed E-state index contributed by atoms with van der Waals surface area (Å²) in [4.78, 5) is 26.5. The van der Waals surface area contributed by atoms with Crippen molar-refractivity contribution in [3.63, 3.8) is 0 Å². The first kappa shape index (κ1) is 17.0. The van der Waals surface area contributed by atoms with Crippen molar-refractivity contribution < 1.29 is 14.1 Å². The van der Waals surface area contributed by atoms with E-state index in [-0.39, 0.29) is 11.6 Å². The molecule has 0 bridgehead atoms. The summed E-state index contributed by atoms with van der Waals surface area (Å²) in [5.41, 5.74) is 3.92. The number of nitrogens with one attached hydrogen (secondary N) is 1. The van der Waals surface area contributed by atoms with Gasteiger partial charge in [0.1, 0.15) is 11.5 Å². The molecule has 26 heavy (non-hydrogen) atoms. The maximum absolute atomic E-state index is 11.9. The molecule has 8 heteroatoms. The molecule has 3 aromatic rings. The number of furan rings is 1. The average molecular weight is 350 g/mol. The standard InChI is InChI=1S/C18H14N4O4/c1-12-2-4-15(16(10-12)22(24)25)17-5-3-14(26-17)11-20-21-18(23)13-6-8-19-9-7-13/h2-11H,1H3,(H,21,23)/b20-11-. The highest BCUT2D eigenvalue weighted by Gasteiger charge is 2.18. The molecule has 0 radical (unpaired) electrons. The van der Waals surface area contributed by atoms with Crippen LogP contribution < -0.4 is 5.43 Å². The van der Waals surface area contributed by atoms with E-state index in [1.807, 2.05) is 0 Å². The molecule has 0 saturated heterocycles. The molecular weight excluding hydrogens is 336 g/mol. The lowest BCUT2D eigenvalue weighted by molar-refractivity contribution is -0.384. The molecule has 0 spiro atoms. The number of aromatic nitrogens is 1. The summed E-state index contributed by atoms with van der Waals surface area (Å²) < 4.78 is 5.57. The molecule has 2 heterocycles. The van der Waals surface area contributed by atoms with Crippen molar-refractivity contribution in [3.05, 3.63) is 81.9 Å². The van der Waals surface area contributed by atoms with Gasteiger partial charge in [-0.3, -0.25) is 19.9 Å². The maximum Gasteiger partial charge on any atom is 0.280 e. The first-order chi connectivity index (χ1) is 12.5. The van der Waals surface area contributed by atoms with Crippen molar-refractivity contribution in [1.29, 1.82) is 0 Å². The number of hydrazone groups is 1. The third-order valence-corrected chi connectivity index (χ3v) is 3.54. The van der Waals surface area contributed by atoms with Crippen molar-refractivity contribution in [2.45, 2.75) is 6.92 Å². The van der Waals surface area contributed by atoms with Gasteiger partial charge in [0.05, 0.1) is 16.7 Å². The molecule has 8 nitrogen and oxygen atoms in total. The van der Waals surface area contributed by atoms with Crippen LogP contribution in [0.3, 0.4) is 0 Å².